The second-order valence-electron chi connectivity index (χ2n) is 4.53. The zero-order chi connectivity index (χ0) is 15.7. The minimum absolute atomic E-state index is 0.0846. The van der Waals surface area contributed by atoms with Crippen LogP contribution in [0.1, 0.15) is 20.7 Å². The Bertz CT molecular complexity index is 1010. The molecule has 104 valence electrons. The molecule has 0 saturated heterocycles. The number of fused-ring (bicyclic) bond motifs is 2. The Morgan fingerprint density at radius 2 is 1.64 bits per heavy atom. The number of nitrogens with zero attached hydrogens (tertiary/aromatic N) is 2. The molecule has 2 aliphatic rings. The molecular formula is C16H6N2O4. The Balaban J connectivity index is 2.38. The lowest BCUT2D eigenvalue weighted by Crippen LogP contribution is -2.29. The Morgan fingerprint density at radius 3 is 2.36 bits per heavy atom. The maximum Gasteiger partial charge on any atom is 0.240 e. The number of carbonyl (C=O) groups is 2. The van der Waals surface area contributed by atoms with E-state index in [2.05, 4.69) is 9.98 Å². The van der Waals surface area contributed by atoms with E-state index < -0.39 is 5.78 Å². The lowest BCUT2D eigenvalue weighted by molar-refractivity contribution is 0.102. The third kappa shape index (κ3) is 2.01. The molecule has 2 aliphatic carbocycles. The van der Waals surface area contributed by atoms with Crippen molar-refractivity contribution >= 4 is 35.9 Å². The summed E-state index contributed by atoms with van der Waals surface area (Å²) in [6, 6.07) is 3.10. The SMILES string of the molecule is O=C=NC1=C(N=C=O)C(=O)c2cc3c(cc2=C1)C(=O)C=CC=3. The normalized spacial score (nSPS) is 14.9. The second kappa shape index (κ2) is 5.14. The smallest absolute Gasteiger partial charge is 0.240 e. The Labute approximate surface area is 123 Å². The van der Waals surface area contributed by atoms with E-state index in [0.717, 1.165) is 0 Å². The average Bonchev–Trinajstić information content (AvgIpc) is 2.51. The summed E-state index contributed by atoms with van der Waals surface area (Å²) < 4.78 is 0. The third-order valence-electron chi connectivity index (χ3n) is 3.33. The quantitative estimate of drug-likeness (QED) is 0.569. The van der Waals surface area contributed by atoms with Crippen molar-refractivity contribution in [3.8, 4) is 0 Å². The van der Waals surface area contributed by atoms with E-state index in [1.807, 2.05) is 0 Å². The molecule has 0 unspecified atom stereocenters. The third-order valence-corrected chi connectivity index (χ3v) is 3.33. The molecule has 0 spiro atoms. The van der Waals surface area contributed by atoms with Gasteiger partial charge in [0, 0.05) is 11.1 Å². The fraction of sp³-hybridized carbons (Fsp3) is 0. The minimum Gasteiger partial charge on any atom is -0.289 e. The van der Waals surface area contributed by atoms with Gasteiger partial charge in [-0.15, -0.1) is 0 Å². The van der Waals surface area contributed by atoms with Gasteiger partial charge in [0.25, 0.3) is 0 Å². The van der Waals surface area contributed by atoms with Gasteiger partial charge in [-0.2, -0.15) is 9.98 Å². The molecule has 6 heteroatoms. The van der Waals surface area contributed by atoms with Gasteiger partial charge in [0.2, 0.25) is 17.9 Å². The molecule has 0 saturated carbocycles. The summed E-state index contributed by atoms with van der Waals surface area (Å²) in [4.78, 5) is 51.9. The Kier molecular flexibility index (Phi) is 3.16. The van der Waals surface area contributed by atoms with E-state index in [-0.39, 0.29) is 22.7 Å². The van der Waals surface area contributed by atoms with Crippen LogP contribution in [0.3, 0.4) is 0 Å². The van der Waals surface area contributed by atoms with Gasteiger partial charge in [-0.05, 0) is 34.7 Å². The first-order valence-electron chi connectivity index (χ1n) is 6.19. The van der Waals surface area contributed by atoms with Gasteiger partial charge in [0.15, 0.2) is 11.5 Å². The van der Waals surface area contributed by atoms with Crippen LogP contribution in [-0.4, -0.2) is 23.7 Å². The van der Waals surface area contributed by atoms with Gasteiger partial charge in [-0.25, -0.2) is 9.59 Å². The van der Waals surface area contributed by atoms with E-state index in [1.54, 1.807) is 24.3 Å². The summed E-state index contributed by atoms with van der Waals surface area (Å²) in [7, 11) is 0. The first-order valence-corrected chi connectivity index (χ1v) is 6.19. The molecule has 0 aliphatic heterocycles. The Hall–Kier alpha value is -3.46. The van der Waals surface area contributed by atoms with E-state index in [1.165, 1.54) is 24.3 Å². The summed E-state index contributed by atoms with van der Waals surface area (Å²) in [5.74, 6) is -0.740. The first-order chi connectivity index (χ1) is 10.7. The average molecular weight is 290 g/mol. The van der Waals surface area contributed by atoms with Crippen LogP contribution in [-0.2, 0) is 9.59 Å². The first kappa shape index (κ1) is 13.5. The van der Waals surface area contributed by atoms with E-state index in [9.17, 15) is 19.2 Å². The summed E-state index contributed by atoms with van der Waals surface area (Å²) in [6.07, 6.45) is 8.70. The minimum atomic E-state index is -0.562. The number of isocyanates is 2. The van der Waals surface area contributed by atoms with Crippen molar-refractivity contribution in [3.63, 3.8) is 0 Å². The van der Waals surface area contributed by atoms with E-state index in [0.29, 0.717) is 16.0 Å². The standard InChI is InChI=1S/C16H6N2O4/c19-7-17-13-6-10-5-11-9(2-1-3-14(11)21)4-12(10)16(22)15(13)18-8-20/h1-6H. The van der Waals surface area contributed by atoms with Crippen LogP contribution in [0.4, 0.5) is 0 Å². The molecule has 3 rings (SSSR count). The predicted molar refractivity (Wildman–Crippen MR) is 75.7 cm³/mol. The zero-order valence-electron chi connectivity index (χ0n) is 11.0. The molecule has 1 aromatic rings. The van der Waals surface area contributed by atoms with Crippen molar-refractivity contribution in [2.24, 2.45) is 9.98 Å². The molecule has 0 N–H and O–H groups in total. The molecule has 1 aromatic carbocycles. The van der Waals surface area contributed by atoms with Gasteiger partial charge in [0.1, 0.15) is 5.70 Å². The molecule has 0 amide bonds. The molecule has 0 bridgehead atoms. The van der Waals surface area contributed by atoms with Crippen molar-refractivity contribution in [1.29, 1.82) is 0 Å². The van der Waals surface area contributed by atoms with Crippen molar-refractivity contribution < 1.29 is 19.2 Å². The molecular weight excluding hydrogens is 284 g/mol. The van der Waals surface area contributed by atoms with E-state index >= 15 is 0 Å². The topological polar surface area (TPSA) is 93.0 Å². The largest absolute Gasteiger partial charge is 0.289 e. The van der Waals surface area contributed by atoms with Gasteiger partial charge in [-0.1, -0.05) is 12.2 Å². The molecule has 0 radical (unpaired) electrons. The summed E-state index contributed by atoms with van der Waals surface area (Å²) in [5, 5.41) is 1.03. The van der Waals surface area contributed by atoms with E-state index in [4.69, 9.17) is 0 Å². The van der Waals surface area contributed by atoms with Crippen LogP contribution < -0.4 is 10.4 Å². The van der Waals surface area contributed by atoms with Gasteiger partial charge >= 0.3 is 0 Å². The summed E-state index contributed by atoms with van der Waals surface area (Å²) in [5.41, 5.74) is 0.362. The summed E-state index contributed by atoms with van der Waals surface area (Å²) in [6.45, 7) is 0. The number of hydrogen-bond acceptors (Lipinski definition) is 6. The maximum atomic E-state index is 12.4. The van der Waals surface area contributed by atoms with Crippen molar-refractivity contribution in [3.05, 3.63) is 57.2 Å². The second-order valence-corrected chi connectivity index (χ2v) is 4.53. The molecule has 22 heavy (non-hydrogen) atoms. The summed E-state index contributed by atoms with van der Waals surface area (Å²) >= 11 is 0. The van der Waals surface area contributed by atoms with Crippen molar-refractivity contribution in [1.82, 2.24) is 0 Å². The zero-order valence-corrected chi connectivity index (χ0v) is 11.0. The number of rotatable bonds is 2. The number of carbonyl (C=O) groups excluding carboxylic acids is 4. The van der Waals surface area contributed by atoms with Gasteiger partial charge in [-0.3, -0.25) is 9.59 Å². The number of hydrogen-bond donors (Lipinski definition) is 0. The van der Waals surface area contributed by atoms with Crippen LogP contribution in [0.2, 0.25) is 0 Å². The monoisotopic (exact) mass is 290 g/mol. The molecule has 6 nitrogen and oxygen atoms in total. The number of Topliss-reactive ketones (excluding diaryl/α,β-unsaturated/α-hetero) is 1. The van der Waals surface area contributed by atoms with Gasteiger partial charge < -0.3 is 0 Å². The maximum absolute atomic E-state index is 12.4. The molecule has 0 fully saturated rings. The van der Waals surface area contributed by atoms with Crippen LogP contribution >= 0.6 is 0 Å². The number of allylic oxidation sites excluding steroid dienone is 4. The van der Waals surface area contributed by atoms with Crippen molar-refractivity contribution in [2.75, 3.05) is 0 Å². The highest BCUT2D eigenvalue weighted by atomic mass is 16.1. The highest BCUT2D eigenvalue weighted by Crippen LogP contribution is 2.18. The predicted octanol–water partition coefficient (Wildman–Crippen LogP) is 0.0796. The highest BCUT2D eigenvalue weighted by Gasteiger charge is 2.23. The van der Waals surface area contributed by atoms with Crippen LogP contribution in [0.5, 0.6) is 0 Å². The van der Waals surface area contributed by atoms with Crippen LogP contribution in [0.25, 0.3) is 12.2 Å². The van der Waals surface area contributed by atoms with Crippen LogP contribution in [0, 0.1) is 0 Å². The molecule has 0 atom stereocenters. The fourth-order valence-corrected chi connectivity index (χ4v) is 2.38. The molecule has 0 heterocycles. The fourth-order valence-electron chi connectivity index (χ4n) is 2.38. The van der Waals surface area contributed by atoms with Gasteiger partial charge in [0.05, 0.1) is 0 Å². The Morgan fingerprint density at radius 1 is 0.909 bits per heavy atom. The number of ketones is 2. The number of benzene rings is 1. The van der Waals surface area contributed by atoms with Crippen molar-refractivity contribution in [2.45, 2.75) is 0 Å². The van der Waals surface area contributed by atoms with Crippen LogP contribution in [0.15, 0.2) is 45.7 Å². The lowest BCUT2D eigenvalue weighted by Gasteiger charge is -2.11. The lowest BCUT2D eigenvalue weighted by atomic mass is 9.93. The highest BCUT2D eigenvalue weighted by molar-refractivity contribution is 6.13. The molecule has 0 aromatic heterocycles. The number of aliphatic imine (C=N–C) groups is 2.